The van der Waals surface area contributed by atoms with Crippen LogP contribution < -0.4 is 10.6 Å². The van der Waals surface area contributed by atoms with E-state index in [0.717, 1.165) is 25.1 Å². The molecule has 1 aliphatic carbocycles. The molecule has 0 aliphatic heterocycles. The van der Waals surface area contributed by atoms with Gasteiger partial charge in [0, 0.05) is 31.6 Å². The van der Waals surface area contributed by atoms with Gasteiger partial charge in [0.05, 0.1) is 6.10 Å². The van der Waals surface area contributed by atoms with Gasteiger partial charge in [0.2, 0.25) is 0 Å². The van der Waals surface area contributed by atoms with Gasteiger partial charge >= 0.3 is 0 Å². The molecule has 1 heterocycles. The summed E-state index contributed by atoms with van der Waals surface area (Å²) in [6.45, 7) is 2.72. The van der Waals surface area contributed by atoms with Crippen LogP contribution in [0.3, 0.4) is 0 Å². The molecule has 1 aromatic heterocycles. The summed E-state index contributed by atoms with van der Waals surface area (Å²) in [5, 5.41) is 5.95. The van der Waals surface area contributed by atoms with Gasteiger partial charge in [-0.1, -0.05) is 0 Å². The number of pyridine rings is 1. The molecule has 0 spiro atoms. The van der Waals surface area contributed by atoms with Crippen LogP contribution in [0.15, 0.2) is 18.3 Å². The van der Waals surface area contributed by atoms with Crippen molar-refractivity contribution in [1.29, 1.82) is 0 Å². The zero-order valence-corrected chi connectivity index (χ0v) is 10.8. The van der Waals surface area contributed by atoms with Crippen molar-refractivity contribution in [2.24, 2.45) is 0 Å². The Bertz CT molecular complexity index is 416. The van der Waals surface area contributed by atoms with E-state index in [4.69, 9.17) is 4.74 Å². The number of aromatic nitrogens is 1. The lowest BCUT2D eigenvalue weighted by Gasteiger charge is -2.35. The molecular formula is C13H19N3O2. The van der Waals surface area contributed by atoms with Crippen LogP contribution >= 0.6 is 0 Å². The average molecular weight is 249 g/mol. The minimum absolute atomic E-state index is 0.118. The summed E-state index contributed by atoms with van der Waals surface area (Å²) in [6.07, 6.45) is 3.72. The van der Waals surface area contributed by atoms with Gasteiger partial charge in [0.15, 0.2) is 0 Å². The normalized spacial score (nSPS) is 22.1. The van der Waals surface area contributed by atoms with E-state index < -0.39 is 0 Å². The maximum Gasteiger partial charge on any atom is 0.270 e. The highest BCUT2D eigenvalue weighted by atomic mass is 16.5. The Balaban J connectivity index is 1.85. The van der Waals surface area contributed by atoms with Crippen LogP contribution in [-0.2, 0) is 4.74 Å². The van der Waals surface area contributed by atoms with Crippen molar-refractivity contribution in [3.8, 4) is 0 Å². The van der Waals surface area contributed by atoms with Crippen LogP contribution in [0.2, 0.25) is 0 Å². The fourth-order valence-electron chi connectivity index (χ4n) is 2.02. The van der Waals surface area contributed by atoms with E-state index in [1.165, 1.54) is 0 Å². The molecule has 1 aliphatic rings. The minimum Gasteiger partial charge on any atom is -0.388 e. The topological polar surface area (TPSA) is 63.2 Å². The monoisotopic (exact) mass is 249 g/mol. The number of ether oxygens (including phenoxy) is 1. The van der Waals surface area contributed by atoms with E-state index in [1.54, 1.807) is 12.3 Å². The molecule has 2 rings (SSSR count). The molecule has 1 fully saturated rings. The van der Waals surface area contributed by atoms with Gasteiger partial charge in [0.1, 0.15) is 5.69 Å². The van der Waals surface area contributed by atoms with Crippen molar-refractivity contribution in [1.82, 2.24) is 10.3 Å². The predicted octanol–water partition coefficient (Wildman–Crippen LogP) is 1.42. The van der Waals surface area contributed by atoms with Gasteiger partial charge < -0.3 is 15.4 Å². The molecule has 0 unspecified atom stereocenters. The quantitative estimate of drug-likeness (QED) is 0.828. The maximum absolute atomic E-state index is 11.9. The smallest absolute Gasteiger partial charge is 0.270 e. The van der Waals surface area contributed by atoms with Gasteiger partial charge in [-0.15, -0.1) is 0 Å². The van der Waals surface area contributed by atoms with Crippen molar-refractivity contribution in [2.75, 3.05) is 19.0 Å². The number of carbonyl (C=O) groups is 1. The number of carbonyl (C=O) groups excluding carboxylic acids is 1. The lowest BCUT2D eigenvalue weighted by molar-refractivity contribution is -0.00867. The summed E-state index contributed by atoms with van der Waals surface area (Å²) >= 11 is 0. The van der Waals surface area contributed by atoms with Crippen molar-refractivity contribution in [3.05, 3.63) is 24.0 Å². The molecule has 0 bridgehead atoms. The van der Waals surface area contributed by atoms with E-state index in [2.05, 4.69) is 15.6 Å². The molecule has 0 atom stereocenters. The van der Waals surface area contributed by atoms with E-state index >= 15 is 0 Å². The molecule has 1 amide bonds. The molecular weight excluding hydrogens is 230 g/mol. The predicted molar refractivity (Wildman–Crippen MR) is 69.7 cm³/mol. The van der Waals surface area contributed by atoms with Gasteiger partial charge in [-0.05, 0) is 31.9 Å². The number of nitrogens with one attached hydrogen (secondary N) is 2. The summed E-state index contributed by atoms with van der Waals surface area (Å²) in [4.78, 5) is 16.0. The van der Waals surface area contributed by atoms with Crippen LogP contribution in [0.4, 0.5) is 5.69 Å². The van der Waals surface area contributed by atoms with E-state index in [-0.39, 0.29) is 11.9 Å². The lowest BCUT2D eigenvalue weighted by Crippen LogP contribution is -2.48. The number of nitrogens with zero attached hydrogens (tertiary/aromatic N) is 1. The number of amides is 1. The van der Waals surface area contributed by atoms with E-state index in [0.29, 0.717) is 11.8 Å². The third kappa shape index (κ3) is 2.98. The first-order valence-corrected chi connectivity index (χ1v) is 6.29. The van der Waals surface area contributed by atoms with E-state index in [9.17, 15) is 4.79 Å². The van der Waals surface area contributed by atoms with Crippen molar-refractivity contribution >= 4 is 11.6 Å². The molecule has 98 valence electrons. The second-order valence-corrected chi connectivity index (χ2v) is 4.40. The summed E-state index contributed by atoms with van der Waals surface area (Å²) in [7, 11) is 1.82. The standard InChI is InChI=1S/C13H19N3O2/c1-3-18-11-6-10(7-11)16-13(17)12-8-9(14-2)4-5-15-12/h4-5,8,10-11H,3,6-7H2,1-2H3,(H,14,15)(H,16,17). The zero-order chi connectivity index (χ0) is 13.0. The highest BCUT2D eigenvalue weighted by molar-refractivity contribution is 5.93. The molecule has 1 aromatic rings. The molecule has 5 heteroatoms. The Morgan fingerprint density at radius 2 is 2.33 bits per heavy atom. The van der Waals surface area contributed by atoms with Crippen molar-refractivity contribution in [2.45, 2.75) is 31.9 Å². The van der Waals surface area contributed by atoms with Gasteiger partial charge in [-0.3, -0.25) is 9.78 Å². The third-order valence-electron chi connectivity index (χ3n) is 3.11. The molecule has 5 nitrogen and oxygen atoms in total. The van der Waals surface area contributed by atoms with Gasteiger partial charge in [-0.25, -0.2) is 0 Å². The summed E-state index contributed by atoms with van der Waals surface area (Å²) in [6, 6.07) is 3.79. The average Bonchev–Trinajstić information content (AvgIpc) is 2.36. The van der Waals surface area contributed by atoms with Crippen molar-refractivity contribution < 1.29 is 9.53 Å². The minimum atomic E-state index is -0.118. The number of hydrogen-bond acceptors (Lipinski definition) is 4. The molecule has 0 saturated heterocycles. The Morgan fingerprint density at radius 1 is 1.56 bits per heavy atom. The Morgan fingerprint density at radius 3 is 3.00 bits per heavy atom. The number of anilines is 1. The Labute approximate surface area is 107 Å². The summed E-state index contributed by atoms with van der Waals surface area (Å²) < 4.78 is 5.45. The second-order valence-electron chi connectivity index (χ2n) is 4.40. The fraction of sp³-hybridized carbons (Fsp3) is 0.538. The molecule has 1 saturated carbocycles. The van der Waals surface area contributed by atoms with Crippen molar-refractivity contribution in [3.63, 3.8) is 0 Å². The summed E-state index contributed by atoms with van der Waals surface area (Å²) in [5.74, 6) is -0.118. The fourth-order valence-corrected chi connectivity index (χ4v) is 2.02. The first-order chi connectivity index (χ1) is 8.72. The number of rotatable bonds is 5. The van der Waals surface area contributed by atoms with Gasteiger partial charge in [0.25, 0.3) is 5.91 Å². The first-order valence-electron chi connectivity index (χ1n) is 6.29. The highest BCUT2D eigenvalue weighted by Crippen LogP contribution is 2.23. The summed E-state index contributed by atoms with van der Waals surface area (Å²) in [5.41, 5.74) is 1.33. The molecule has 2 N–H and O–H groups in total. The van der Waals surface area contributed by atoms with Crippen LogP contribution in [0.1, 0.15) is 30.3 Å². The maximum atomic E-state index is 11.9. The molecule has 0 radical (unpaired) electrons. The van der Waals surface area contributed by atoms with Crippen LogP contribution in [0.25, 0.3) is 0 Å². The lowest BCUT2D eigenvalue weighted by atomic mass is 9.89. The SMILES string of the molecule is CCOC1CC(NC(=O)c2cc(NC)ccn2)C1. The number of hydrogen-bond donors (Lipinski definition) is 2. The van der Waals surface area contributed by atoms with Crippen LogP contribution in [0.5, 0.6) is 0 Å². The largest absolute Gasteiger partial charge is 0.388 e. The first kappa shape index (κ1) is 12.8. The van der Waals surface area contributed by atoms with Gasteiger partial charge in [-0.2, -0.15) is 0 Å². The molecule has 0 aromatic carbocycles. The van der Waals surface area contributed by atoms with E-state index in [1.807, 2.05) is 20.0 Å². The third-order valence-corrected chi connectivity index (χ3v) is 3.11. The van der Waals surface area contributed by atoms with Crippen LogP contribution in [0, 0.1) is 0 Å². The zero-order valence-electron chi connectivity index (χ0n) is 10.8. The molecule has 18 heavy (non-hydrogen) atoms. The Kier molecular flexibility index (Phi) is 4.15. The van der Waals surface area contributed by atoms with Crippen LogP contribution in [-0.4, -0.2) is 36.7 Å². The highest BCUT2D eigenvalue weighted by Gasteiger charge is 2.31. The Hall–Kier alpha value is -1.62. The second kappa shape index (κ2) is 5.82.